The Labute approximate surface area is 119 Å². The molecular weight excluding hydrogens is 278 g/mol. The number of hydrogen-bond acceptors (Lipinski definition) is 5. The molecule has 112 valence electrons. The van der Waals surface area contributed by atoms with E-state index in [1.165, 1.54) is 4.57 Å². The molecule has 2 N–H and O–H groups in total. The van der Waals surface area contributed by atoms with Gasteiger partial charge in [-0.25, -0.2) is 4.79 Å². The van der Waals surface area contributed by atoms with E-state index in [0.29, 0.717) is 13.1 Å². The highest BCUT2D eigenvalue weighted by molar-refractivity contribution is 5.97. The first-order chi connectivity index (χ1) is 9.91. The molecule has 1 aromatic rings. The summed E-state index contributed by atoms with van der Waals surface area (Å²) in [6.45, 7) is 1.72. The highest BCUT2D eigenvalue weighted by Crippen LogP contribution is 2.26. The SMILES string of the molecule is CN1CCCN2C(=O)c3c(O)c(=O)c(C(=O)O)cn3CC12. The van der Waals surface area contributed by atoms with Crippen LogP contribution >= 0.6 is 0 Å². The van der Waals surface area contributed by atoms with Crippen molar-refractivity contribution in [1.29, 1.82) is 0 Å². The number of aromatic carboxylic acids is 1. The molecule has 2 aliphatic heterocycles. The summed E-state index contributed by atoms with van der Waals surface area (Å²) < 4.78 is 1.37. The predicted molar refractivity (Wildman–Crippen MR) is 71.4 cm³/mol. The van der Waals surface area contributed by atoms with Crippen molar-refractivity contribution < 1.29 is 19.8 Å². The van der Waals surface area contributed by atoms with Crippen LogP contribution in [0.25, 0.3) is 0 Å². The van der Waals surface area contributed by atoms with Gasteiger partial charge in [0.15, 0.2) is 11.4 Å². The molecule has 1 atom stereocenters. The Morgan fingerprint density at radius 2 is 2.05 bits per heavy atom. The molecule has 0 aliphatic carbocycles. The zero-order valence-electron chi connectivity index (χ0n) is 11.4. The number of aromatic nitrogens is 1. The Balaban J connectivity index is 2.18. The molecule has 0 saturated carbocycles. The summed E-state index contributed by atoms with van der Waals surface area (Å²) in [6.07, 6.45) is 1.76. The zero-order chi connectivity index (χ0) is 15.3. The zero-order valence-corrected chi connectivity index (χ0v) is 11.4. The van der Waals surface area contributed by atoms with Gasteiger partial charge in [-0.3, -0.25) is 14.5 Å². The lowest BCUT2D eigenvalue weighted by molar-refractivity contribution is 0.00152. The van der Waals surface area contributed by atoms with Crippen LogP contribution < -0.4 is 5.43 Å². The lowest BCUT2D eigenvalue weighted by Crippen LogP contribution is -2.59. The van der Waals surface area contributed by atoms with Gasteiger partial charge >= 0.3 is 5.97 Å². The van der Waals surface area contributed by atoms with Crippen molar-refractivity contribution >= 4 is 11.9 Å². The molecule has 8 nitrogen and oxygen atoms in total. The predicted octanol–water partition coefficient (Wildman–Crippen LogP) is -0.630. The molecule has 0 aromatic carbocycles. The fraction of sp³-hybridized carbons (Fsp3) is 0.462. The molecule has 1 saturated heterocycles. The minimum Gasteiger partial charge on any atom is -0.503 e. The standard InChI is InChI=1S/C13H15N3O5/c1-14-3-2-4-16-8(14)6-15-5-7(13(20)21)10(17)11(18)9(15)12(16)19/h5,8,18H,2-4,6H2,1H3,(H,20,21). The number of hydrogen-bond donors (Lipinski definition) is 2. The van der Waals surface area contributed by atoms with Crippen molar-refractivity contribution in [3.05, 3.63) is 27.7 Å². The molecule has 0 radical (unpaired) electrons. The largest absolute Gasteiger partial charge is 0.503 e. The summed E-state index contributed by atoms with van der Waals surface area (Å²) in [5, 5.41) is 19.0. The first kappa shape index (κ1) is 13.6. The Morgan fingerprint density at radius 3 is 2.71 bits per heavy atom. The van der Waals surface area contributed by atoms with E-state index >= 15 is 0 Å². The summed E-state index contributed by atoms with van der Waals surface area (Å²) in [5.41, 5.74) is -1.68. The third-order valence-corrected chi connectivity index (χ3v) is 4.09. The van der Waals surface area contributed by atoms with Gasteiger partial charge < -0.3 is 19.7 Å². The second-order valence-corrected chi connectivity index (χ2v) is 5.34. The fourth-order valence-corrected chi connectivity index (χ4v) is 2.98. The van der Waals surface area contributed by atoms with Crippen LogP contribution in [-0.2, 0) is 6.54 Å². The maximum Gasteiger partial charge on any atom is 0.341 e. The molecule has 1 unspecified atom stereocenters. The molecule has 2 aliphatic rings. The van der Waals surface area contributed by atoms with Gasteiger partial charge in [-0.1, -0.05) is 0 Å². The topological polar surface area (TPSA) is 103 Å². The Hall–Kier alpha value is -2.35. The summed E-state index contributed by atoms with van der Waals surface area (Å²) >= 11 is 0. The van der Waals surface area contributed by atoms with E-state index in [4.69, 9.17) is 5.11 Å². The second kappa shape index (κ2) is 4.59. The molecule has 21 heavy (non-hydrogen) atoms. The highest BCUT2D eigenvalue weighted by Gasteiger charge is 2.39. The molecule has 0 bridgehead atoms. The molecular formula is C13H15N3O5. The minimum atomic E-state index is -1.42. The molecule has 8 heteroatoms. The van der Waals surface area contributed by atoms with Gasteiger partial charge in [0.05, 0.1) is 6.54 Å². The summed E-state index contributed by atoms with van der Waals surface area (Å²) in [7, 11) is 1.88. The van der Waals surface area contributed by atoms with Crippen LogP contribution in [0.1, 0.15) is 27.3 Å². The molecule has 0 spiro atoms. The third-order valence-electron chi connectivity index (χ3n) is 4.09. The molecule has 1 fully saturated rings. The highest BCUT2D eigenvalue weighted by atomic mass is 16.4. The number of carboxylic acid groups (broad SMARTS) is 1. The molecule has 3 heterocycles. The summed E-state index contributed by atoms with van der Waals surface area (Å²) in [6, 6.07) is 0. The van der Waals surface area contributed by atoms with Crippen LogP contribution in [0.15, 0.2) is 11.0 Å². The van der Waals surface area contributed by atoms with Crippen LogP contribution in [0.2, 0.25) is 0 Å². The number of aromatic hydroxyl groups is 1. The van der Waals surface area contributed by atoms with Crippen LogP contribution in [0.4, 0.5) is 0 Å². The van der Waals surface area contributed by atoms with Crippen LogP contribution in [0.5, 0.6) is 5.75 Å². The van der Waals surface area contributed by atoms with E-state index in [0.717, 1.165) is 19.2 Å². The van der Waals surface area contributed by atoms with Crippen molar-refractivity contribution in [1.82, 2.24) is 14.4 Å². The van der Waals surface area contributed by atoms with E-state index in [1.807, 2.05) is 11.9 Å². The Bertz CT molecular complexity index is 696. The van der Waals surface area contributed by atoms with E-state index in [-0.39, 0.29) is 11.9 Å². The molecule has 1 amide bonds. The second-order valence-electron chi connectivity index (χ2n) is 5.34. The van der Waals surface area contributed by atoms with Crippen molar-refractivity contribution in [2.24, 2.45) is 0 Å². The Kier molecular flexibility index (Phi) is 2.98. The van der Waals surface area contributed by atoms with Gasteiger partial charge in [0.1, 0.15) is 11.7 Å². The summed E-state index contributed by atoms with van der Waals surface area (Å²) in [4.78, 5) is 39.0. The monoisotopic (exact) mass is 293 g/mol. The van der Waals surface area contributed by atoms with Crippen molar-refractivity contribution in [3.8, 4) is 5.75 Å². The number of amides is 1. The van der Waals surface area contributed by atoms with Gasteiger partial charge in [-0.05, 0) is 13.5 Å². The van der Waals surface area contributed by atoms with E-state index in [9.17, 15) is 19.5 Å². The van der Waals surface area contributed by atoms with Gasteiger partial charge in [-0.2, -0.15) is 0 Å². The summed E-state index contributed by atoms with van der Waals surface area (Å²) in [5.74, 6) is -2.65. The van der Waals surface area contributed by atoms with Crippen LogP contribution in [0, 0.1) is 0 Å². The average Bonchev–Trinajstić information content (AvgIpc) is 2.43. The van der Waals surface area contributed by atoms with Gasteiger partial charge in [0.25, 0.3) is 5.91 Å². The smallest absolute Gasteiger partial charge is 0.341 e. The number of carbonyl (C=O) groups is 2. The number of rotatable bonds is 1. The normalized spacial score (nSPS) is 21.9. The third kappa shape index (κ3) is 1.90. The number of nitrogens with zero attached hydrogens (tertiary/aromatic N) is 3. The number of carboxylic acids is 1. The van der Waals surface area contributed by atoms with Crippen LogP contribution in [-0.4, -0.2) is 62.8 Å². The molecule has 3 rings (SSSR count). The van der Waals surface area contributed by atoms with Crippen molar-refractivity contribution in [2.45, 2.75) is 19.1 Å². The number of carbonyl (C=O) groups excluding carboxylic acids is 1. The molecule has 1 aromatic heterocycles. The quantitative estimate of drug-likeness (QED) is 0.714. The Morgan fingerprint density at radius 1 is 1.33 bits per heavy atom. The first-order valence-corrected chi connectivity index (χ1v) is 6.62. The van der Waals surface area contributed by atoms with Gasteiger partial charge in [0.2, 0.25) is 5.43 Å². The maximum absolute atomic E-state index is 12.5. The maximum atomic E-state index is 12.5. The van der Waals surface area contributed by atoms with Crippen molar-refractivity contribution in [2.75, 3.05) is 20.1 Å². The van der Waals surface area contributed by atoms with Gasteiger partial charge in [0, 0.05) is 19.3 Å². The van der Waals surface area contributed by atoms with E-state index in [1.54, 1.807) is 4.90 Å². The number of likely N-dealkylation sites (N-methyl/N-ethyl adjacent to an activating group) is 1. The number of pyridine rings is 1. The number of fused-ring (bicyclic) bond motifs is 2. The van der Waals surface area contributed by atoms with E-state index < -0.39 is 28.6 Å². The fourth-order valence-electron chi connectivity index (χ4n) is 2.98. The first-order valence-electron chi connectivity index (χ1n) is 6.62. The average molecular weight is 293 g/mol. The van der Waals surface area contributed by atoms with E-state index in [2.05, 4.69) is 0 Å². The minimum absolute atomic E-state index is 0.128. The lowest BCUT2D eigenvalue weighted by Gasteiger charge is -2.45. The van der Waals surface area contributed by atoms with Crippen molar-refractivity contribution in [3.63, 3.8) is 0 Å². The van der Waals surface area contributed by atoms with Gasteiger partial charge in [-0.15, -0.1) is 0 Å². The van der Waals surface area contributed by atoms with Crippen LogP contribution in [0.3, 0.4) is 0 Å². The lowest BCUT2D eigenvalue weighted by atomic mass is 10.1.